The number of amides is 2. The quantitative estimate of drug-likeness (QED) is 0.207. The van der Waals surface area contributed by atoms with E-state index in [4.69, 9.17) is 21.2 Å². The molecule has 2 amide bonds. The standard InChI is InChI=1S/C30H35N5O4/c1-19(2)39-27-11-9-23(17-25(27)31)30(38)33-24(13-15-36)16-20-5-7-21(8-6-20)26-18-35-14-3-4-22(29(35)34-26)10-12-28(32)37/h3-9,11,14,17-19,24,36H,10,12-13,15-16,31H2,1-2H3,(H2,32,37)(H,33,38)/t24-/m1/s1. The van der Waals surface area contributed by atoms with Crippen molar-refractivity contribution in [1.82, 2.24) is 14.7 Å². The van der Waals surface area contributed by atoms with Crippen LogP contribution in [0.3, 0.4) is 0 Å². The SMILES string of the molecule is CC(C)Oc1ccc(C(=O)N[C@H](CCO)Cc2ccc(-c3cn4cccc(CCC(N)=O)c4n3)cc2)cc1N. The molecule has 0 aliphatic heterocycles. The van der Waals surface area contributed by atoms with E-state index in [-0.39, 0.29) is 37.0 Å². The number of anilines is 1. The summed E-state index contributed by atoms with van der Waals surface area (Å²) in [4.78, 5) is 28.9. The Morgan fingerprint density at radius 1 is 1.13 bits per heavy atom. The Kier molecular flexibility index (Phi) is 8.83. The van der Waals surface area contributed by atoms with Crippen molar-refractivity contribution < 1.29 is 19.4 Å². The minimum Gasteiger partial charge on any atom is -0.489 e. The number of imidazole rings is 1. The number of aryl methyl sites for hydroxylation is 1. The highest BCUT2D eigenvalue weighted by atomic mass is 16.5. The monoisotopic (exact) mass is 529 g/mol. The lowest BCUT2D eigenvalue weighted by Crippen LogP contribution is -2.37. The minimum atomic E-state index is -0.340. The summed E-state index contributed by atoms with van der Waals surface area (Å²) in [6.45, 7) is 3.77. The summed E-state index contributed by atoms with van der Waals surface area (Å²) in [5.41, 5.74) is 16.8. The molecule has 204 valence electrons. The van der Waals surface area contributed by atoms with Crippen molar-refractivity contribution in [1.29, 1.82) is 0 Å². The molecule has 39 heavy (non-hydrogen) atoms. The molecule has 1 atom stereocenters. The third kappa shape index (κ3) is 7.14. The van der Waals surface area contributed by atoms with Gasteiger partial charge in [-0.3, -0.25) is 9.59 Å². The average molecular weight is 530 g/mol. The molecule has 2 aromatic heterocycles. The lowest BCUT2D eigenvalue weighted by molar-refractivity contribution is -0.117. The van der Waals surface area contributed by atoms with E-state index in [2.05, 4.69) is 5.32 Å². The van der Waals surface area contributed by atoms with Crippen LogP contribution in [0.25, 0.3) is 16.9 Å². The van der Waals surface area contributed by atoms with Crippen LogP contribution in [0, 0.1) is 0 Å². The van der Waals surface area contributed by atoms with Crippen molar-refractivity contribution in [3.8, 4) is 17.0 Å². The van der Waals surface area contributed by atoms with E-state index in [9.17, 15) is 14.7 Å². The molecule has 9 nitrogen and oxygen atoms in total. The molecule has 0 fully saturated rings. The highest BCUT2D eigenvalue weighted by Gasteiger charge is 2.16. The predicted molar refractivity (Wildman–Crippen MR) is 151 cm³/mol. The second-order valence-corrected chi connectivity index (χ2v) is 9.86. The van der Waals surface area contributed by atoms with Gasteiger partial charge in [0.05, 0.1) is 17.5 Å². The van der Waals surface area contributed by atoms with Gasteiger partial charge in [-0.15, -0.1) is 0 Å². The van der Waals surface area contributed by atoms with Crippen molar-refractivity contribution in [3.63, 3.8) is 0 Å². The van der Waals surface area contributed by atoms with Gasteiger partial charge in [-0.05, 0) is 68.5 Å². The number of rotatable bonds is 12. The maximum Gasteiger partial charge on any atom is 0.251 e. The summed E-state index contributed by atoms with van der Waals surface area (Å²) in [5.74, 6) is -0.0564. The highest BCUT2D eigenvalue weighted by molar-refractivity contribution is 5.95. The number of hydrogen-bond donors (Lipinski definition) is 4. The largest absolute Gasteiger partial charge is 0.489 e. The second-order valence-electron chi connectivity index (χ2n) is 9.86. The van der Waals surface area contributed by atoms with Crippen LogP contribution in [-0.2, 0) is 17.6 Å². The summed E-state index contributed by atoms with van der Waals surface area (Å²) < 4.78 is 7.59. The van der Waals surface area contributed by atoms with E-state index in [1.807, 2.05) is 67.0 Å². The number of pyridine rings is 1. The van der Waals surface area contributed by atoms with Crippen LogP contribution in [0.5, 0.6) is 5.75 Å². The molecule has 0 unspecified atom stereocenters. The van der Waals surface area contributed by atoms with E-state index in [1.54, 1.807) is 18.2 Å². The van der Waals surface area contributed by atoms with Crippen molar-refractivity contribution in [2.24, 2.45) is 5.73 Å². The third-order valence-corrected chi connectivity index (χ3v) is 6.38. The zero-order chi connectivity index (χ0) is 27.9. The Balaban J connectivity index is 1.45. The van der Waals surface area contributed by atoms with Crippen LogP contribution in [-0.4, -0.2) is 45.1 Å². The molecule has 2 heterocycles. The van der Waals surface area contributed by atoms with Gasteiger partial charge in [0.1, 0.15) is 11.4 Å². The number of primary amides is 1. The van der Waals surface area contributed by atoms with Gasteiger partial charge in [0, 0.05) is 42.6 Å². The number of aliphatic hydroxyl groups excluding tert-OH is 1. The van der Waals surface area contributed by atoms with Crippen LogP contribution in [0.4, 0.5) is 5.69 Å². The summed E-state index contributed by atoms with van der Waals surface area (Å²) >= 11 is 0. The topological polar surface area (TPSA) is 145 Å². The zero-order valence-electron chi connectivity index (χ0n) is 22.3. The van der Waals surface area contributed by atoms with E-state index < -0.39 is 0 Å². The normalized spacial score (nSPS) is 12.0. The zero-order valence-corrected chi connectivity index (χ0v) is 22.3. The molecule has 9 heteroatoms. The van der Waals surface area contributed by atoms with Crippen LogP contribution >= 0.6 is 0 Å². The first-order valence-electron chi connectivity index (χ1n) is 13.1. The molecule has 0 bridgehead atoms. The Morgan fingerprint density at radius 2 is 1.90 bits per heavy atom. The Bertz CT molecular complexity index is 1450. The van der Waals surface area contributed by atoms with Crippen LogP contribution in [0.2, 0.25) is 0 Å². The molecule has 0 saturated carbocycles. The molecule has 4 aromatic rings. The first kappa shape index (κ1) is 27.7. The van der Waals surface area contributed by atoms with Gasteiger partial charge in [0.15, 0.2) is 0 Å². The van der Waals surface area contributed by atoms with Crippen molar-refractivity contribution in [3.05, 3.63) is 83.7 Å². The molecule has 2 aromatic carbocycles. The number of ether oxygens (including phenoxy) is 1. The highest BCUT2D eigenvalue weighted by Crippen LogP contribution is 2.25. The van der Waals surface area contributed by atoms with Crippen molar-refractivity contribution >= 4 is 23.1 Å². The van der Waals surface area contributed by atoms with Crippen molar-refractivity contribution in [2.45, 2.75) is 51.7 Å². The fourth-order valence-electron chi connectivity index (χ4n) is 4.46. The molecule has 6 N–H and O–H groups in total. The fraction of sp³-hybridized carbons (Fsp3) is 0.300. The number of hydrogen-bond acceptors (Lipinski definition) is 6. The summed E-state index contributed by atoms with van der Waals surface area (Å²) in [7, 11) is 0. The van der Waals surface area contributed by atoms with Crippen molar-refractivity contribution in [2.75, 3.05) is 12.3 Å². The number of nitrogens with zero attached hydrogens (tertiary/aromatic N) is 2. The lowest BCUT2D eigenvalue weighted by Gasteiger charge is -2.19. The molecule has 0 aliphatic carbocycles. The fourth-order valence-corrected chi connectivity index (χ4v) is 4.46. The van der Waals surface area contributed by atoms with Crippen LogP contribution in [0.15, 0.2) is 67.0 Å². The first-order chi connectivity index (χ1) is 18.7. The van der Waals surface area contributed by atoms with Gasteiger partial charge in [-0.1, -0.05) is 30.3 Å². The summed E-state index contributed by atoms with van der Waals surface area (Å²) in [5, 5.41) is 12.6. The molecule has 0 saturated heterocycles. The van der Waals surface area contributed by atoms with Gasteiger partial charge in [0.2, 0.25) is 5.91 Å². The maximum atomic E-state index is 12.9. The van der Waals surface area contributed by atoms with Crippen LogP contribution in [0.1, 0.15) is 48.2 Å². The second kappa shape index (κ2) is 12.4. The number of carbonyl (C=O) groups excluding carboxylic acids is 2. The number of benzene rings is 2. The number of aliphatic hydroxyl groups is 1. The molecule has 0 radical (unpaired) electrons. The van der Waals surface area contributed by atoms with Crippen LogP contribution < -0.4 is 21.5 Å². The van der Waals surface area contributed by atoms with Gasteiger partial charge in [-0.25, -0.2) is 4.98 Å². The molecular weight excluding hydrogens is 494 g/mol. The number of nitrogens with two attached hydrogens (primary N) is 2. The number of aromatic nitrogens is 2. The Labute approximate surface area is 227 Å². The number of carbonyl (C=O) groups is 2. The first-order valence-corrected chi connectivity index (χ1v) is 13.1. The molecular formula is C30H35N5O4. The molecule has 4 rings (SSSR count). The van der Waals surface area contributed by atoms with E-state index in [1.165, 1.54) is 0 Å². The summed E-state index contributed by atoms with van der Waals surface area (Å²) in [6, 6.07) is 16.6. The van der Waals surface area contributed by atoms with Gasteiger partial charge >= 0.3 is 0 Å². The van der Waals surface area contributed by atoms with Gasteiger partial charge in [0.25, 0.3) is 5.91 Å². The van der Waals surface area contributed by atoms with E-state index in [0.717, 1.165) is 28.0 Å². The molecule has 0 spiro atoms. The average Bonchev–Trinajstić information content (AvgIpc) is 3.34. The molecule has 0 aliphatic rings. The van der Waals surface area contributed by atoms with E-state index in [0.29, 0.717) is 36.3 Å². The lowest BCUT2D eigenvalue weighted by atomic mass is 10.0. The number of nitrogens with one attached hydrogen (secondary N) is 1. The smallest absolute Gasteiger partial charge is 0.251 e. The van der Waals surface area contributed by atoms with Gasteiger partial charge in [-0.2, -0.15) is 0 Å². The maximum absolute atomic E-state index is 12.9. The van der Waals surface area contributed by atoms with E-state index >= 15 is 0 Å². The minimum absolute atomic E-state index is 0.0224. The number of nitrogen functional groups attached to an aromatic ring is 1. The third-order valence-electron chi connectivity index (χ3n) is 6.38. The Morgan fingerprint density at radius 3 is 2.56 bits per heavy atom. The van der Waals surface area contributed by atoms with Gasteiger partial charge < -0.3 is 31.0 Å². The summed E-state index contributed by atoms with van der Waals surface area (Å²) in [6.07, 6.45) is 5.63. The predicted octanol–water partition coefficient (Wildman–Crippen LogP) is 3.51. The number of fused-ring (bicyclic) bond motifs is 1. The Hall–Kier alpha value is -4.37.